The van der Waals surface area contributed by atoms with Crippen molar-refractivity contribution in [1.29, 1.82) is 0 Å². The number of piperidine rings is 1. The second kappa shape index (κ2) is 18.6. The number of benzene rings is 1. The van der Waals surface area contributed by atoms with Crippen molar-refractivity contribution in [3.8, 4) is 5.75 Å². The van der Waals surface area contributed by atoms with Crippen LogP contribution in [0.2, 0.25) is 0 Å². The largest absolute Gasteiger partial charge is 0.483 e. The molecule has 0 aromatic heterocycles. The minimum Gasteiger partial charge on any atom is -0.483 e. The van der Waals surface area contributed by atoms with E-state index in [-0.39, 0.29) is 55.9 Å². The van der Waals surface area contributed by atoms with E-state index in [0.29, 0.717) is 52.9 Å². The Kier molecular flexibility index (Phi) is 14.6. The van der Waals surface area contributed by atoms with Crippen LogP contribution in [0.25, 0.3) is 0 Å². The number of hydrogen-bond acceptors (Lipinski definition) is 12. The maximum Gasteiger partial charge on any atom is 0.305 e. The van der Waals surface area contributed by atoms with Crippen LogP contribution in [-0.4, -0.2) is 131 Å². The molecule has 1 saturated heterocycles. The summed E-state index contributed by atoms with van der Waals surface area (Å²) in [4.78, 5) is 73.0. The zero-order valence-corrected chi connectivity index (χ0v) is 24.2. The van der Waals surface area contributed by atoms with Gasteiger partial charge in [0, 0.05) is 13.0 Å². The molecule has 1 aromatic carbocycles. The highest BCUT2D eigenvalue weighted by Gasteiger charge is 2.46. The number of rotatable bonds is 22. The van der Waals surface area contributed by atoms with Crippen LogP contribution in [0, 0.1) is 0 Å². The molecule has 2 aliphatic rings. The molecule has 0 radical (unpaired) electrons. The number of fused-ring (bicyclic) bond motifs is 1. The number of nitrogens with one attached hydrogen (secondary N) is 2. The van der Waals surface area contributed by atoms with Crippen LogP contribution in [0.5, 0.6) is 5.75 Å². The van der Waals surface area contributed by atoms with Crippen LogP contribution in [0.4, 0.5) is 0 Å². The Balaban J connectivity index is 1.20. The average Bonchev–Trinajstić information content (AvgIpc) is 3.25. The molecule has 3 N–H and O–H groups in total. The van der Waals surface area contributed by atoms with Crippen molar-refractivity contribution in [3.05, 3.63) is 29.3 Å². The molecule has 1 atom stereocenters. The first kappa shape index (κ1) is 34.5. The van der Waals surface area contributed by atoms with Gasteiger partial charge in [-0.3, -0.25) is 39.0 Å². The fraction of sp³-hybridized carbons (Fsp3) is 0.571. The first-order chi connectivity index (χ1) is 21.3. The molecule has 2 aliphatic heterocycles. The molecule has 44 heavy (non-hydrogen) atoms. The molecule has 1 aromatic rings. The van der Waals surface area contributed by atoms with Crippen molar-refractivity contribution in [1.82, 2.24) is 15.5 Å². The number of imide groups is 2. The van der Waals surface area contributed by atoms with Gasteiger partial charge in [-0.15, -0.1) is 0 Å². The predicted octanol–water partition coefficient (Wildman–Crippen LogP) is -0.859. The van der Waals surface area contributed by atoms with Crippen molar-refractivity contribution in [2.45, 2.75) is 25.3 Å². The monoisotopic (exact) mass is 623 g/mol. The Morgan fingerprint density at radius 2 is 1.43 bits per heavy atom. The summed E-state index contributed by atoms with van der Waals surface area (Å²) in [7, 11) is 0. The summed E-state index contributed by atoms with van der Waals surface area (Å²) in [5, 5.41) is 13.3. The standard InChI is InChI=1S/C28H37N3O13/c32-22-5-4-20(26(36)30-22)31-27(37)19-2-1-3-21(25(19)28(31)38)44-18-23(33)29-7-9-40-11-13-42-15-17-43-16-14-41-12-10-39-8-6-24(34)35/h1-3,20H,4-18H2,(H,29,33)(H,34,35)(H,30,32,36). The Hall–Kier alpha value is -3.96. The summed E-state index contributed by atoms with van der Waals surface area (Å²) in [6.07, 6.45) is 0.00597. The second-order valence-electron chi connectivity index (χ2n) is 9.47. The highest BCUT2D eigenvalue weighted by atomic mass is 16.6. The zero-order valence-electron chi connectivity index (χ0n) is 24.2. The Morgan fingerprint density at radius 1 is 0.841 bits per heavy atom. The topological polar surface area (TPSA) is 205 Å². The van der Waals surface area contributed by atoms with Gasteiger partial charge in [0.25, 0.3) is 17.7 Å². The predicted molar refractivity (Wildman–Crippen MR) is 148 cm³/mol. The minimum absolute atomic E-state index is 0.00878. The van der Waals surface area contributed by atoms with Gasteiger partial charge in [0.15, 0.2) is 6.61 Å². The molecule has 16 nitrogen and oxygen atoms in total. The summed E-state index contributed by atoms with van der Waals surface area (Å²) in [5.41, 5.74) is 0.0246. The van der Waals surface area contributed by atoms with Gasteiger partial charge in [0.05, 0.1) is 83.6 Å². The van der Waals surface area contributed by atoms with Gasteiger partial charge in [0.2, 0.25) is 11.8 Å². The third-order valence-electron chi connectivity index (χ3n) is 6.31. The fourth-order valence-corrected chi connectivity index (χ4v) is 4.20. The average molecular weight is 624 g/mol. The molecular formula is C28H37N3O13. The van der Waals surface area contributed by atoms with Gasteiger partial charge < -0.3 is 38.8 Å². The summed E-state index contributed by atoms with van der Waals surface area (Å²) < 4.78 is 32.1. The highest BCUT2D eigenvalue weighted by molar-refractivity contribution is 6.24. The van der Waals surface area contributed by atoms with E-state index in [4.69, 9.17) is 33.5 Å². The lowest BCUT2D eigenvalue weighted by Gasteiger charge is -2.27. The van der Waals surface area contributed by atoms with Crippen LogP contribution in [0.15, 0.2) is 18.2 Å². The SMILES string of the molecule is O=C(O)CCOCCOCCOCCOCCOCCNC(=O)COc1cccc2c1C(=O)N(C1CCC(=O)NC1=O)C2=O. The van der Waals surface area contributed by atoms with Crippen LogP contribution in [0.1, 0.15) is 40.0 Å². The van der Waals surface area contributed by atoms with E-state index < -0.39 is 48.2 Å². The highest BCUT2D eigenvalue weighted by Crippen LogP contribution is 2.33. The molecule has 0 spiro atoms. The van der Waals surface area contributed by atoms with Crippen LogP contribution >= 0.6 is 0 Å². The lowest BCUT2D eigenvalue weighted by Crippen LogP contribution is -2.54. The Labute approximate surface area is 253 Å². The third kappa shape index (κ3) is 10.9. The van der Waals surface area contributed by atoms with Crippen molar-refractivity contribution < 1.29 is 62.3 Å². The van der Waals surface area contributed by atoms with E-state index >= 15 is 0 Å². The fourth-order valence-electron chi connectivity index (χ4n) is 4.20. The summed E-state index contributed by atoms with van der Waals surface area (Å²) >= 11 is 0. The van der Waals surface area contributed by atoms with Crippen LogP contribution in [0.3, 0.4) is 0 Å². The van der Waals surface area contributed by atoms with E-state index in [1.807, 2.05) is 0 Å². The van der Waals surface area contributed by atoms with Gasteiger partial charge in [-0.2, -0.15) is 0 Å². The van der Waals surface area contributed by atoms with Gasteiger partial charge >= 0.3 is 5.97 Å². The lowest BCUT2D eigenvalue weighted by molar-refractivity contribution is -0.138. The molecule has 16 heteroatoms. The molecule has 0 bridgehead atoms. The lowest BCUT2D eigenvalue weighted by atomic mass is 10.0. The molecule has 1 fully saturated rings. The van der Waals surface area contributed by atoms with Gasteiger partial charge in [-0.25, -0.2) is 0 Å². The maximum absolute atomic E-state index is 13.1. The molecule has 2 heterocycles. The zero-order chi connectivity index (χ0) is 31.7. The molecule has 242 valence electrons. The number of carbonyl (C=O) groups excluding carboxylic acids is 5. The van der Waals surface area contributed by atoms with E-state index in [1.165, 1.54) is 18.2 Å². The van der Waals surface area contributed by atoms with Crippen molar-refractivity contribution in [2.75, 3.05) is 79.2 Å². The number of hydrogen-bond donors (Lipinski definition) is 3. The first-order valence-electron chi connectivity index (χ1n) is 14.1. The number of aliphatic carboxylic acids is 1. The van der Waals surface area contributed by atoms with Crippen molar-refractivity contribution in [3.63, 3.8) is 0 Å². The first-order valence-corrected chi connectivity index (χ1v) is 14.1. The Bertz CT molecular complexity index is 1180. The number of amides is 5. The molecule has 5 amide bonds. The maximum atomic E-state index is 13.1. The summed E-state index contributed by atoms with van der Waals surface area (Å²) in [6, 6.07) is 3.30. The van der Waals surface area contributed by atoms with Gasteiger partial charge in [-0.05, 0) is 18.6 Å². The normalized spacial score (nSPS) is 16.2. The number of carboxylic acids is 1. The molecule has 0 aliphatic carbocycles. The molecule has 0 saturated carbocycles. The molecular weight excluding hydrogens is 586 g/mol. The Morgan fingerprint density at radius 3 is 2.02 bits per heavy atom. The number of nitrogens with zero attached hydrogens (tertiary/aromatic N) is 1. The van der Waals surface area contributed by atoms with Crippen molar-refractivity contribution in [2.24, 2.45) is 0 Å². The molecule has 1 unspecified atom stereocenters. The van der Waals surface area contributed by atoms with E-state index in [1.54, 1.807) is 0 Å². The van der Waals surface area contributed by atoms with Crippen molar-refractivity contribution >= 4 is 35.5 Å². The molecule has 3 rings (SSSR count). The van der Waals surface area contributed by atoms with E-state index in [0.717, 1.165) is 4.90 Å². The van der Waals surface area contributed by atoms with Gasteiger partial charge in [-0.1, -0.05) is 6.07 Å². The quantitative estimate of drug-likeness (QED) is 0.106. The van der Waals surface area contributed by atoms with Crippen LogP contribution in [-0.2, 0) is 42.9 Å². The third-order valence-corrected chi connectivity index (χ3v) is 6.31. The summed E-state index contributed by atoms with van der Waals surface area (Å²) in [6.45, 7) is 3.05. The van der Waals surface area contributed by atoms with Crippen LogP contribution < -0.4 is 15.4 Å². The number of ether oxygens (including phenoxy) is 6. The van der Waals surface area contributed by atoms with E-state index in [9.17, 15) is 28.8 Å². The summed E-state index contributed by atoms with van der Waals surface area (Å²) in [5.74, 6) is -3.89. The minimum atomic E-state index is -1.10. The number of carboxylic acid groups (broad SMARTS) is 1. The second-order valence-corrected chi connectivity index (χ2v) is 9.47. The number of carbonyl (C=O) groups is 6. The van der Waals surface area contributed by atoms with E-state index in [2.05, 4.69) is 10.6 Å². The smallest absolute Gasteiger partial charge is 0.305 e. The van der Waals surface area contributed by atoms with Gasteiger partial charge in [0.1, 0.15) is 11.8 Å².